The van der Waals surface area contributed by atoms with Gasteiger partial charge in [-0.1, -0.05) is 12.1 Å². The Kier molecular flexibility index (Phi) is 4.73. The van der Waals surface area contributed by atoms with Crippen LogP contribution in [0.1, 0.15) is 19.8 Å². The molecule has 1 aromatic heterocycles. The number of hydrogen-bond acceptors (Lipinski definition) is 6. The molecule has 1 saturated carbocycles. The van der Waals surface area contributed by atoms with E-state index in [-0.39, 0.29) is 5.91 Å². The van der Waals surface area contributed by atoms with Crippen molar-refractivity contribution in [3.63, 3.8) is 0 Å². The number of rotatable bonds is 6. The van der Waals surface area contributed by atoms with E-state index in [2.05, 4.69) is 26.7 Å². The summed E-state index contributed by atoms with van der Waals surface area (Å²) in [5.74, 6) is 2.21. The van der Waals surface area contributed by atoms with Gasteiger partial charge in [-0.3, -0.25) is 10.1 Å². The van der Waals surface area contributed by atoms with Crippen LogP contribution in [0.5, 0.6) is 11.5 Å². The van der Waals surface area contributed by atoms with E-state index < -0.39 is 0 Å². The fraction of sp³-hybridized carbons (Fsp3) is 0.286. The number of ether oxygens (including phenoxy) is 2. The van der Waals surface area contributed by atoms with Crippen molar-refractivity contribution in [1.82, 2.24) is 9.97 Å². The average Bonchev–Trinajstić information content (AvgIpc) is 3.50. The lowest BCUT2D eigenvalue weighted by Gasteiger charge is -2.13. The Balaban J connectivity index is 1.80. The minimum Gasteiger partial charge on any atom is -0.493 e. The molecule has 0 radical (unpaired) electrons. The van der Waals surface area contributed by atoms with Gasteiger partial charge < -0.3 is 14.8 Å². The predicted molar refractivity (Wildman–Crippen MR) is 109 cm³/mol. The topological polar surface area (TPSA) is 85.4 Å². The first-order valence-electron chi connectivity index (χ1n) is 9.15. The smallest absolute Gasteiger partial charge is 0.231 e. The summed E-state index contributed by atoms with van der Waals surface area (Å²) in [6, 6.07) is 12.2. The number of methoxy groups -OCH3 is 2. The molecule has 7 nitrogen and oxygen atoms in total. The highest BCUT2D eigenvalue weighted by molar-refractivity contribution is 5.95. The number of amides is 1. The van der Waals surface area contributed by atoms with E-state index in [0.29, 0.717) is 23.5 Å². The molecular weight excluding hydrogens is 356 g/mol. The van der Waals surface area contributed by atoms with Crippen molar-refractivity contribution in [2.45, 2.75) is 25.8 Å². The first-order chi connectivity index (χ1) is 13.6. The summed E-state index contributed by atoms with van der Waals surface area (Å²) in [4.78, 5) is 20.4. The summed E-state index contributed by atoms with van der Waals surface area (Å²) in [6.45, 7) is 1.45. The number of benzene rings is 2. The summed E-state index contributed by atoms with van der Waals surface area (Å²) < 4.78 is 10.7. The molecule has 7 heteroatoms. The zero-order valence-corrected chi connectivity index (χ0v) is 16.1. The molecule has 1 aliphatic carbocycles. The number of carbonyl (C=O) groups is 1. The lowest BCUT2D eigenvalue weighted by molar-refractivity contribution is -0.114. The maximum atomic E-state index is 11.4. The van der Waals surface area contributed by atoms with E-state index >= 15 is 0 Å². The molecule has 2 N–H and O–H groups in total. The zero-order chi connectivity index (χ0) is 19.7. The van der Waals surface area contributed by atoms with E-state index in [1.54, 1.807) is 14.2 Å². The monoisotopic (exact) mass is 378 g/mol. The van der Waals surface area contributed by atoms with Gasteiger partial charge in [0.15, 0.2) is 11.5 Å². The van der Waals surface area contributed by atoms with Crippen molar-refractivity contribution in [2.75, 3.05) is 24.9 Å². The molecule has 0 unspecified atom stereocenters. The molecule has 2 aromatic carbocycles. The van der Waals surface area contributed by atoms with Gasteiger partial charge in [-0.2, -0.15) is 4.98 Å². The lowest BCUT2D eigenvalue weighted by atomic mass is 10.0. The number of nitrogens with zero attached hydrogens (tertiary/aromatic N) is 2. The van der Waals surface area contributed by atoms with Gasteiger partial charge in [0, 0.05) is 18.4 Å². The highest BCUT2D eigenvalue weighted by atomic mass is 16.5. The summed E-state index contributed by atoms with van der Waals surface area (Å²) in [5.41, 5.74) is 2.79. The molecule has 3 aromatic rings. The summed E-state index contributed by atoms with van der Waals surface area (Å²) in [5, 5.41) is 7.03. The molecule has 0 bridgehead atoms. The molecule has 1 fully saturated rings. The van der Waals surface area contributed by atoms with Gasteiger partial charge in [-0.15, -0.1) is 0 Å². The van der Waals surface area contributed by atoms with Crippen LogP contribution in [0.4, 0.5) is 11.8 Å². The predicted octanol–water partition coefficient (Wildman–Crippen LogP) is 3.85. The minimum absolute atomic E-state index is 0.196. The van der Waals surface area contributed by atoms with Crippen LogP contribution >= 0.6 is 0 Å². The van der Waals surface area contributed by atoms with Crippen LogP contribution in [0, 0.1) is 0 Å². The van der Waals surface area contributed by atoms with Crippen molar-refractivity contribution in [2.24, 2.45) is 0 Å². The summed E-state index contributed by atoms with van der Waals surface area (Å²) in [7, 11) is 3.24. The summed E-state index contributed by atoms with van der Waals surface area (Å²) >= 11 is 0. The van der Waals surface area contributed by atoms with Crippen molar-refractivity contribution in [1.29, 1.82) is 0 Å². The normalized spacial score (nSPS) is 13.2. The molecule has 144 valence electrons. The van der Waals surface area contributed by atoms with Gasteiger partial charge in [-0.25, -0.2) is 4.98 Å². The number of nitrogens with one attached hydrogen (secondary N) is 2. The van der Waals surface area contributed by atoms with E-state index in [1.165, 1.54) is 6.92 Å². The summed E-state index contributed by atoms with van der Waals surface area (Å²) in [6.07, 6.45) is 2.24. The van der Waals surface area contributed by atoms with Crippen LogP contribution in [-0.2, 0) is 4.79 Å². The molecule has 0 atom stereocenters. The van der Waals surface area contributed by atoms with Gasteiger partial charge in [0.25, 0.3) is 0 Å². The third-order valence-corrected chi connectivity index (χ3v) is 4.62. The molecule has 0 spiro atoms. The molecule has 1 aliphatic rings. The number of hydrogen-bond donors (Lipinski definition) is 2. The van der Waals surface area contributed by atoms with Crippen LogP contribution in [0.2, 0.25) is 0 Å². The number of anilines is 2. The average molecular weight is 378 g/mol. The van der Waals surface area contributed by atoms with Gasteiger partial charge in [0.2, 0.25) is 11.9 Å². The second kappa shape index (κ2) is 7.34. The molecule has 0 aliphatic heterocycles. The van der Waals surface area contributed by atoms with Crippen molar-refractivity contribution < 1.29 is 14.3 Å². The van der Waals surface area contributed by atoms with E-state index in [0.717, 1.165) is 40.7 Å². The Morgan fingerprint density at radius 3 is 2.39 bits per heavy atom. The van der Waals surface area contributed by atoms with E-state index in [9.17, 15) is 4.79 Å². The Hall–Kier alpha value is -3.35. The highest BCUT2D eigenvalue weighted by Gasteiger charge is 2.23. The van der Waals surface area contributed by atoms with Crippen molar-refractivity contribution >= 4 is 28.6 Å². The quantitative estimate of drug-likeness (QED) is 0.678. The maximum Gasteiger partial charge on any atom is 0.231 e. The standard InChI is InChI=1S/C21H22N4O3/c1-12(26)22-21-24-17-8-4-13(10-16(17)20(25-21)23-15-6-7-15)14-5-9-18(27-2)19(11-14)28-3/h4-5,8-11,15H,6-7H2,1-3H3,(H2,22,23,24,25,26). The zero-order valence-electron chi connectivity index (χ0n) is 16.1. The van der Waals surface area contributed by atoms with E-state index in [1.807, 2.05) is 30.3 Å². The molecule has 0 saturated heterocycles. The molecule has 1 heterocycles. The van der Waals surface area contributed by atoms with Gasteiger partial charge in [0.05, 0.1) is 19.7 Å². The first kappa shape index (κ1) is 18.0. The third kappa shape index (κ3) is 3.69. The lowest BCUT2D eigenvalue weighted by Crippen LogP contribution is -2.12. The Labute approximate surface area is 163 Å². The van der Waals surface area contributed by atoms with Gasteiger partial charge in [-0.05, 0) is 48.2 Å². The number of fused-ring (bicyclic) bond motifs is 1. The van der Waals surface area contributed by atoms with Crippen LogP contribution in [-0.4, -0.2) is 36.1 Å². The number of aromatic nitrogens is 2. The van der Waals surface area contributed by atoms with Crippen LogP contribution in [0.25, 0.3) is 22.0 Å². The second-order valence-corrected chi connectivity index (χ2v) is 6.80. The maximum absolute atomic E-state index is 11.4. The fourth-order valence-electron chi connectivity index (χ4n) is 3.07. The van der Waals surface area contributed by atoms with Crippen LogP contribution in [0.3, 0.4) is 0 Å². The second-order valence-electron chi connectivity index (χ2n) is 6.80. The largest absolute Gasteiger partial charge is 0.493 e. The van der Waals surface area contributed by atoms with Crippen molar-refractivity contribution in [3.05, 3.63) is 36.4 Å². The molecule has 28 heavy (non-hydrogen) atoms. The Bertz CT molecular complexity index is 1050. The van der Waals surface area contributed by atoms with E-state index in [4.69, 9.17) is 9.47 Å². The van der Waals surface area contributed by atoms with Gasteiger partial charge >= 0.3 is 0 Å². The first-order valence-corrected chi connectivity index (χ1v) is 9.15. The Morgan fingerprint density at radius 1 is 1.00 bits per heavy atom. The SMILES string of the molecule is COc1ccc(-c2ccc3nc(NC(C)=O)nc(NC4CC4)c3c2)cc1OC. The third-order valence-electron chi connectivity index (χ3n) is 4.62. The van der Waals surface area contributed by atoms with Crippen LogP contribution in [0.15, 0.2) is 36.4 Å². The van der Waals surface area contributed by atoms with Crippen LogP contribution < -0.4 is 20.1 Å². The molecule has 1 amide bonds. The van der Waals surface area contributed by atoms with Gasteiger partial charge in [0.1, 0.15) is 5.82 Å². The molecule has 4 rings (SSSR count). The highest BCUT2D eigenvalue weighted by Crippen LogP contribution is 2.35. The number of carbonyl (C=O) groups excluding carboxylic acids is 1. The van der Waals surface area contributed by atoms with Crippen molar-refractivity contribution in [3.8, 4) is 22.6 Å². The minimum atomic E-state index is -0.196. The fourth-order valence-corrected chi connectivity index (χ4v) is 3.07. The Morgan fingerprint density at radius 2 is 1.71 bits per heavy atom. The molecular formula is C21H22N4O3.